The second-order valence-electron chi connectivity index (χ2n) is 2.17. The third-order valence-electron chi connectivity index (χ3n) is 1.40. The molecule has 0 saturated heterocycles. The zero-order valence-electron chi connectivity index (χ0n) is 5.86. The molecule has 0 bridgehead atoms. The molecular weight excluding hydrogens is 147 g/mol. The predicted molar refractivity (Wildman–Crippen MR) is 39.3 cm³/mol. The molecule has 0 unspecified atom stereocenters. The minimum atomic E-state index is -0.810. The molecule has 0 amide bonds. The zero-order chi connectivity index (χ0) is 8.43. The molecule has 1 rings (SSSR count). The molecule has 0 N–H and O–H groups in total. The number of hydrogen-bond donors (Lipinski definition) is 0. The maximum atomic E-state index is 12.8. The van der Waals surface area contributed by atoms with Crippen molar-refractivity contribution in [2.45, 2.75) is 0 Å². The maximum Gasteiger partial charge on any atom is 0.143 e. The first kappa shape index (κ1) is 7.74. The Balaban J connectivity index is 3.44. The van der Waals surface area contributed by atoms with E-state index >= 15 is 0 Å². The van der Waals surface area contributed by atoms with Crippen LogP contribution in [0.5, 0.6) is 0 Å². The Morgan fingerprint density at radius 2 is 2.00 bits per heavy atom. The largest absolute Gasteiger partial charge is 0.206 e. The van der Waals surface area contributed by atoms with Gasteiger partial charge in [0.15, 0.2) is 0 Å². The van der Waals surface area contributed by atoms with E-state index in [2.05, 4.69) is 0 Å². The number of benzene rings is 1. The van der Waals surface area contributed by atoms with Gasteiger partial charge in [-0.25, -0.2) is 8.78 Å². The van der Waals surface area contributed by atoms with E-state index in [0.717, 1.165) is 6.07 Å². The molecule has 0 aromatic heterocycles. The summed E-state index contributed by atoms with van der Waals surface area (Å²) in [6.07, 6.45) is 0. The molecule has 0 fully saturated rings. The Morgan fingerprint density at radius 3 is 2.45 bits per heavy atom. The Kier molecular flexibility index (Phi) is 1.90. The number of nitrogens with zero attached hydrogens (tertiary/aromatic N) is 1. The number of nitriles is 1. The first-order chi connectivity index (χ1) is 5.16. The van der Waals surface area contributed by atoms with Crippen LogP contribution >= 0.6 is 0 Å². The molecule has 1 aromatic carbocycles. The topological polar surface area (TPSA) is 23.8 Å². The van der Waals surface area contributed by atoms with Gasteiger partial charge in [-0.1, -0.05) is 11.5 Å². The first-order valence-corrected chi connectivity index (χ1v) is 3.01. The quantitative estimate of drug-likeness (QED) is 0.482. The van der Waals surface area contributed by atoms with E-state index in [1.807, 2.05) is 0 Å². The van der Waals surface area contributed by atoms with Crippen LogP contribution in [0.4, 0.5) is 8.78 Å². The maximum absolute atomic E-state index is 12.8. The van der Waals surface area contributed by atoms with E-state index in [-0.39, 0.29) is 5.46 Å². The Bertz CT molecular complexity index is 330. The molecule has 0 atom stereocenters. The van der Waals surface area contributed by atoms with Crippen molar-refractivity contribution in [1.29, 1.82) is 5.26 Å². The monoisotopic (exact) mass is 151 g/mol. The summed E-state index contributed by atoms with van der Waals surface area (Å²) in [5.74, 6) is -1.58. The minimum absolute atomic E-state index is 0.281. The minimum Gasteiger partial charge on any atom is -0.206 e. The zero-order valence-corrected chi connectivity index (χ0v) is 5.86. The van der Waals surface area contributed by atoms with Gasteiger partial charge in [-0.3, -0.25) is 0 Å². The van der Waals surface area contributed by atoms with Gasteiger partial charge in [0.2, 0.25) is 0 Å². The van der Waals surface area contributed by atoms with E-state index in [4.69, 9.17) is 5.26 Å². The molecule has 1 nitrogen and oxygen atoms in total. The summed E-state index contributed by atoms with van der Waals surface area (Å²) < 4.78 is 25.4. The van der Waals surface area contributed by atoms with Gasteiger partial charge in [0.25, 0.3) is 0 Å². The van der Waals surface area contributed by atoms with Gasteiger partial charge in [-0.2, -0.15) is 5.26 Å². The lowest BCUT2D eigenvalue weighted by Crippen LogP contribution is -2.11. The lowest BCUT2D eigenvalue weighted by Gasteiger charge is -1.97. The number of rotatable bonds is 0. The van der Waals surface area contributed by atoms with Crippen LogP contribution in [-0.2, 0) is 0 Å². The third kappa shape index (κ3) is 1.22. The molecule has 11 heavy (non-hydrogen) atoms. The molecule has 1 aromatic rings. The van der Waals surface area contributed by atoms with Crippen molar-refractivity contribution in [3.8, 4) is 6.07 Å². The fourth-order valence-electron chi connectivity index (χ4n) is 0.759. The molecule has 0 saturated carbocycles. The van der Waals surface area contributed by atoms with Crippen LogP contribution in [0.2, 0.25) is 0 Å². The molecule has 0 aliphatic rings. The highest BCUT2D eigenvalue weighted by Crippen LogP contribution is 2.07. The first-order valence-electron chi connectivity index (χ1n) is 3.01. The van der Waals surface area contributed by atoms with Crippen molar-refractivity contribution in [1.82, 2.24) is 0 Å². The summed E-state index contributed by atoms with van der Waals surface area (Å²) in [4.78, 5) is 0. The van der Waals surface area contributed by atoms with Crippen LogP contribution < -0.4 is 5.46 Å². The SMILES string of the molecule is Bc1ccc(F)c(C#N)c1F. The van der Waals surface area contributed by atoms with Gasteiger partial charge in [0, 0.05) is 0 Å². The second-order valence-corrected chi connectivity index (χ2v) is 2.17. The highest BCUT2D eigenvalue weighted by atomic mass is 19.1. The average molecular weight is 151 g/mol. The molecule has 54 valence electrons. The molecular formula is C7H4BF2N. The summed E-state index contributed by atoms with van der Waals surface area (Å²) in [5.41, 5.74) is -0.229. The Labute approximate surface area is 63.7 Å². The van der Waals surface area contributed by atoms with Gasteiger partial charge in [0.1, 0.15) is 31.1 Å². The lowest BCUT2D eigenvalue weighted by atomic mass is 9.93. The van der Waals surface area contributed by atoms with Crippen LogP contribution in [-0.4, -0.2) is 7.85 Å². The van der Waals surface area contributed by atoms with Crippen LogP contribution in [0.25, 0.3) is 0 Å². The van der Waals surface area contributed by atoms with Crippen molar-refractivity contribution < 1.29 is 8.78 Å². The van der Waals surface area contributed by atoms with E-state index in [1.54, 1.807) is 0 Å². The molecule has 0 aliphatic heterocycles. The van der Waals surface area contributed by atoms with Crippen molar-refractivity contribution in [2.75, 3.05) is 0 Å². The van der Waals surface area contributed by atoms with Crippen molar-refractivity contribution in [3.05, 3.63) is 29.3 Å². The molecule has 0 radical (unpaired) electrons. The fourth-order valence-corrected chi connectivity index (χ4v) is 0.759. The predicted octanol–water partition coefficient (Wildman–Crippen LogP) is 0.0949. The van der Waals surface area contributed by atoms with E-state index in [1.165, 1.54) is 20.0 Å². The summed E-state index contributed by atoms with van der Waals surface area (Å²) in [5, 5.41) is 8.29. The average Bonchev–Trinajstić information content (AvgIpc) is 1.99. The van der Waals surface area contributed by atoms with Gasteiger partial charge in [-0.15, -0.1) is 0 Å². The van der Waals surface area contributed by atoms with Crippen LogP contribution in [0, 0.1) is 23.0 Å². The smallest absolute Gasteiger partial charge is 0.143 e. The molecule has 0 spiro atoms. The van der Waals surface area contributed by atoms with Crippen LogP contribution in [0.3, 0.4) is 0 Å². The standard InChI is InChI=1S/C7H4BF2N/c8-5-1-2-6(9)4(3-11)7(5)10/h1-2H,8H2. The van der Waals surface area contributed by atoms with Crippen molar-refractivity contribution in [2.24, 2.45) is 0 Å². The van der Waals surface area contributed by atoms with E-state index in [9.17, 15) is 8.78 Å². The number of halogens is 2. The third-order valence-corrected chi connectivity index (χ3v) is 1.40. The highest BCUT2D eigenvalue weighted by Gasteiger charge is 2.09. The summed E-state index contributed by atoms with van der Waals surface area (Å²) in [6, 6.07) is 3.83. The second kappa shape index (κ2) is 2.71. The van der Waals surface area contributed by atoms with E-state index in [0.29, 0.717) is 0 Å². The van der Waals surface area contributed by atoms with Gasteiger partial charge in [0.05, 0.1) is 0 Å². The van der Waals surface area contributed by atoms with Gasteiger partial charge in [-0.05, 0) is 6.07 Å². The summed E-state index contributed by atoms with van der Waals surface area (Å²) in [6.45, 7) is 0. The highest BCUT2D eigenvalue weighted by molar-refractivity contribution is 6.32. The van der Waals surface area contributed by atoms with Gasteiger partial charge < -0.3 is 0 Å². The van der Waals surface area contributed by atoms with E-state index < -0.39 is 17.2 Å². The van der Waals surface area contributed by atoms with Crippen molar-refractivity contribution >= 4 is 13.3 Å². The molecule has 0 aliphatic carbocycles. The lowest BCUT2D eigenvalue weighted by molar-refractivity contribution is 0.582. The summed E-state index contributed by atoms with van der Waals surface area (Å²) in [7, 11) is 1.48. The Morgan fingerprint density at radius 1 is 1.36 bits per heavy atom. The van der Waals surface area contributed by atoms with Crippen LogP contribution in [0.1, 0.15) is 5.56 Å². The van der Waals surface area contributed by atoms with Gasteiger partial charge >= 0.3 is 0 Å². The molecule has 0 heterocycles. The Hall–Kier alpha value is -1.37. The fraction of sp³-hybridized carbons (Fsp3) is 0. The van der Waals surface area contributed by atoms with Crippen LogP contribution in [0.15, 0.2) is 12.1 Å². The number of hydrogen-bond acceptors (Lipinski definition) is 1. The molecule has 4 heteroatoms. The summed E-state index contributed by atoms with van der Waals surface area (Å²) >= 11 is 0. The van der Waals surface area contributed by atoms with Crippen molar-refractivity contribution in [3.63, 3.8) is 0 Å². The normalized spacial score (nSPS) is 9.18.